The molecule has 0 unspecified atom stereocenters. The Hall–Kier alpha value is -2.66. The number of carbonyl (C=O) groups is 1. The molecule has 4 rings (SSSR count). The second kappa shape index (κ2) is 6.09. The van der Waals surface area contributed by atoms with Crippen LogP contribution in [0.15, 0.2) is 54.9 Å². The molecule has 5 heteroatoms. The molecule has 1 amide bonds. The maximum Gasteiger partial charge on any atom is 0.255 e. The number of carbonyl (C=O) groups excluding carboxylic acids is 1. The van der Waals surface area contributed by atoms with Gasteiger partial charge in [-0.25, -0.2) is 4.98 Å². The third-order valence-electron chi connectivity index (χ3n) is 4.67. The Balaban J connectivity index is 1.63. The van der Waals surface area contributed by atoms with Crippen LogP contribution in [0.5, 0.6) is 0 Å². The number of amides is 1. The number of nitrogens with two attached hydrogens (primary N) is 1. The monoisotopic (exact) mass is 320 g/mol. The Labute approximate surface area is 140 Å². The van der Waals surface area contributed by atoms with E-state index in [1.807, 2.05) is 64.2 Å². The Morgan fingerprint density at radius 2 is 2.00 bits per heavy atom. The summed E-state index contributed by atoms with van der Waals surface area (Å²) in [5, 5.41) is 0. The second-order valence-corrected chi connectivity index (χ2v) is 6.32. The van der Waals surface area contributed by atoms with E-state index < -0.39 is 0 Å². The fourth-order valence-electron chi connectivity index (χ4n) is 3.26. The minimum absolute atomic E-state index is 0.0720. The molecule has 3 heterocycles. The molecule has 0 bridgehead atoms. The van der Waals surface area contributed by atoms with Crippen LogP contribution in [0.2, 0.25) is 0 Å². The highest BCUT2D eigenvalue weighted by Crippen LogP contribution is 2.21. The van der Waals surface area contributed by atoms with Crippen LogP contribution in [0.25, 0.3) is 16.9 Å². The third-order valence-corrected chi connectivity index (χ3v) is 4.67. The molecule has 0 spiro atoms. The van der Waals surface area contributed by atoms with Crippen LogP contribution in [0, 0.1) is 5.92 Å². The number of rotatable bonds is 3. The third kappa shape index (κ3) is 2.67. The minimum atomic E-state index is 0.0720. The second-order valence-electron chi connectivity index (χ2n) is 6.32. The first-order chi connectivity index (χ1) is 11.7. The quantitative estimate of drug-likeness (QED) is 0.806. The molecule has 0 aliphatic carbocycles. The number of likely N-dealkylation sites (tertiary alicyclic amines) is 1. The van der Waals surface area contributed by atoms with Crippen molar-refractivity contribution in [3.63, 3.8) is 0 Å². The molecule has 2 N–H and O–H groups in total. The molecule has 1 fully saturated rings. The van der Waals surface area contributed by atoms with Crippen molar-refractivity contribution in [2.75, 3.05) is 19.6 Å². The number of pyridine rings is 1. The highest BCUT2D eigenvalue weighted by Gasteiger charge is 2.26. The van der Waals surface area contributed by atoms with Gasteiger partial charge in [-0.3, -0.25) is 4.79 Å². The summed E-state index contributed by atoms with van der Waals surface area (Å²) in [6.45, 7) is 2.19. The zero-order valence-electron chi connectivity index (χ0n) is 13.4. The van der Waals surface area contributed by atoms with Gasteiger partial charge in [0.1, 0.15) is 5.65 Å². The molecule has 5 nitrogen and oxygen atoms in total. The summed E-state index contributed by atoms with van der Waals surface area (Å²) in [7, 11) is 0. The van der Waals surface area contributed by atoms with Crippen molar-refractivity contribution in [1.29, 1.82) is 0 Å². The van der Waals surface area contributed by atoms with Crippen LogP contribution in [-0.2, 0) is 0 Å². The van der Waals surface area contributed by atoms with Crippen molar-refractivity contribution in [1.82, 2.24) is 14.3 Å². The van der Waals surface area contributed by atoms with Crippen LogP contribution >= 0.6 is 0 Å². The number of fused-ring (bicyclic) bond motifs is 1. The summed E-state index contributed by atoms with van der Waals surface area (Å²) < 4.78 is 1.92. The Kier molecular flexibility index (Phi) is 3.78. The molecule has 24 heavy (non-hydrogen) atoms. The molecule has 1 aromatic carbocycles. The SMILES string of the molecule is NC[C@H]1CCN(C(=O)c2ccc3nc(-c4ccccc4)cn3c2)C1. The van der Waals surface area contributed by atoms with Gasteiger partial charge in [0.05, 0.1) is 11.3 Å². The molecule has 2 aromatic heterocycles. The number of hydrogen-bond donors (Lipinski definition) is 1. The van der Waals surface area contributed by atoms with Gasteiger partial charge in [0.25, 0.3) is 5.91 Å². The minimum Gasteiger partial charge on any atom is -0.338 e. The number of benzene rings is 1. The Bertz CT molecular complexity index is 871. The predicted molar refractivity (Wildman–Crippen MR) is 93.7 cm³/mol. The summed E-state index contributed by atoms with van der Waals surface area (Å²) in [5.74, 6) is 0.499. The summed E-state index contributed by atoms with van der Waals surface area (Å²) in [6.07, 6.45) is 4.83. The van der Waals surface area contributed by atoms with E-state index in [2.05, 4.69) is 4.98 Å². The summed E-state index contributed by atoms with van der Waals surface area (Å²) in [6, 6.07) is 13.8. The normalized spacial score (nSPS) is 17.5. The molecule has 1 aliphatic heterocycles. The largest absolute Gasteiger partial charge is 0.338 e. The lowest BCUT2D eigenvalue weighted by Crippen LogP contribution is -2.30. The van der Waals surface area contributed by atoms with Crippen molar-refractivity contribution >= 4 is 11.6 Å². The lowest BCUT2D eigenvalue weighted by molar-refractivity contribution is 0.0787. The Morgan fingerprint density at radius 3 is 2.75 bits per heavy atom. The summed E-state index contributed by atoms with van der Waals surface area (Å²) >= 11 is 0. The lowest BCUT2D eigenvalue weighted by Gasteiger charge is -2.16. The fourth-order valence-corrected chi connectivity index (χ4v) is 3.26. The number of hydrogen-bond acceptors (Lipinski definition) is 3. The average Bonchev–Trinajstić information content (AvgIpc) is 3.28. The highest BCUT2D eigenvalue weighted by atomic mass is 16.2. The molecule has 0 radical (unpaired) electrons. The van der Waals surface area contributed by atoms with Gasteiger partial charge < -0.3 is 15.0 Å². The van der Waals surface area contributed by atoms with E-state index in [0.29, 0.717) is 18.0 Å². The zero-order chi connectivity index (χ0) is 16.5. The van der Waals surface area contributed by atoms with Gasteiger partial charge in [-0.1, -0.05) is 30.3 Å². The van der Waals surface area contributed by atoms with Crippen LogP contribution in [-0.4, -0.2) is 39.8 Å². The standard InChI is InChI=1S/C19H20N4O/c20-10-14-8-9-22(11-14)19(24)16-6-7-18-21-17(13-23(18)12-16)15-4-2-1-3-5-15/h1-7,12-14H,8-11,20H2/t14-/m1/s1. The first-order valence-corrected chi connectivity index (χ1v) is 8.28. The lowest BCUT2D eigenvalue weighted by atomic mass is 10.1. The number of aromatic nitrogens is 2. The van der Waals surface area contributed by atoms with Crippen LogP contribution in [0.3, 0.4) is 0 Å². The van der Waals surface area contributed by atoms with Crippen LogP contribution < -0.4 is 5.73 Å². The topological polar surface area (TPSA) is 63.6 Å². The van der Waals surface area contributed by atoms with E-state index in [1.54, 1.807) is 0 Å². The van der Waals surface area contributed by atoms with Gasteiger partial charge in [0.2, 0.25) is 0 Å². The van der Waals surface area contributed by atoms with E-state index >= 15 is 0 Å². The highest BCUT2D eigenvalue weighted by molar-refractivity contribution is 5.94. The Morgan fingerprint density at radius 1 is 1.17 bits per heavy atom. The van der Waals surface area contributed by atoms with Crippen LogP contribution in [0.1, 0.15) is 16.8 Å². The van der Waals surface area contributed by atoms with Crippen molar-refractivity contribution < 1.29 is 4.79 Å². The van der Waals surface area contributed by atoms with Gasteiger partial charge in [0, 0.05) is 31.0 Å². The summed E-state index contributed by atoms with van der Waals surface area (Å²) in [4.78, 5) is 19.2. The first-order valence-electron chi connectivity index (χ1n) is 8.28. The van der Waals surface area contributed by atoms with Crippen molar-refractivity contribution in [2.24, 2.45) is 11.7 Å². The van der Waals surface area contributed by atoms with E-state index in [1.165, 1.54) is 0 Å². The predicted octanol–water partition coefficient (Wildman–Crippen LogP) is 2.42. The van der Waals surface area contributed by atoms with Gasteiger partial charge in [-0.2, -0.15) is 0 Å². The van der Waals surface area contributed by atoms with Crippen molar-refractivity contribution in [3.8, 4) is 11.3 Å². The molecule has 3 aromatic rings. The smallest absolute Gasteiger partial charge is 0.255 e. The van der Waals surface area contributed by atoms with Crippen molar-refractivity contribution in [2.45, 2.75) is 6.42 Å². The van der Waals surface area contributed by atoms with Crippen LogP contribution in [0.4, 0.5) is 0 Å². The molecule has 1 saturated heterocycles. The van der Waals surface area contributed by atoms with Gasteiger partial charge >= 0.3 is 0 Å². The average molecular weight is 320 g/mol. The summed E-state index contributed by atoms with van der Waals surface area (Å²) in [5.41, 5.74) is 9.22. The first kappa shape index (κ1) is 14.9. The molecular formula is C19H20N4O. The molecule has 1 atom stereocenters. The maximum absolute atomic E-state index is 12.7. The van der Waals surface area contributed by atoms with Crippen molar-refractivity contribution in [3.05, 3.63) is 60.4 Å². The maximum atomic E-state index is 12.7. The van der Waals surface area contributed by atoms with Gasteiger partial charge in [-0.05, 0) is 31.0 Å². The molecule has 0 saturated carbocycles. The van der Waals surface area contributed by atoms with E-state index in [0.717, 1.165) is 36.4 Å². The van der Waals surface area contributed by atoms with E-state index in [4.69, 9.17) is 5.73 Å². The number of nitrogens with zero attached hydrogens (tertiary/aromatic N) is 3. The molecular weight excluding hydrogens is 300 g/mol. The van der Waals surface area contributed by atoms with Gasteiger partial charge in [0.15, 0.2) is 0 Å². The van der Waals surface area contributed by atoms with E-state index in [-0.39, 0.29) is 5.91 Å². The fraction of sp³-hybridized carbons (Fsp3) is 0.263. The molecule has 1 aliphatic rings. The van der Waals surface area contributed by atoms with E-state index in [9.17, 15) is 4.79 Å². The zero-order valence-corrected chi connectivity index (χ0v) is 13.4. The number of imidazole rings is 1. The van der Waals surface area contributed by atoms with Gasteiger partial charge in [-0.15, -0.1) is 0 Å². The molecule has 122 valence electrons.